The molecule has 3 rings (SSSR count). The molecule has 0 amide bonds. The van der Waals surface area contributed by atoms with Gasteiger partial charge in [0.25, 0.3) is 5.89 Å². The van der Waals surface area contributed by atoms with Crippen molar-refractivity contribution in [1.82, 2.24) is 20.4 Å². The van der Waals surface area contributed by atoms with Gasteiger partial charge in [-0.1, -0.05) is 5.16 Å². The topological polar surface area (TPSA) is 63.8 Å². The molecule has 1 saturated carbocycles. The van der Waals surface area contributed by atoms with E-state index in [9.17, 15) is 0 Å². The van der Waals surface area contributed by atoms with Crippen LogP contribution in [0.5, 0.6) is 0 Å². The number of nitrogens with one attached hydrogen (secondary N) is 1. The van der Waals surface area contributed by atoms with E-state index in [4.69, 9.17) is 4.52 Å². The molecule has 19 heavy (non-hydrogen) atoms. The first-order chi connectivity index (χ1) is 9.12. The maximum absolute atomic E-state index is 5.30. The highest BCUT2D eigenvalue weighted by molar-refractivity contribution is 5.50. The van der Waals surface area contributed by atoms with Gasteiger partial charge in [0.05, 0.1) is 0 Å². The first-order valence-electron chi connectivity index (χ1n) is 6.63. The van der Waals surface area contributed by atoms with Crippen LogP contribution in [0.1, 0.15) is 32.5 Å². The van der Waals surface area contributed by atoms with Crippen LogP contribution in [0.2, 0.25) is 0 Å². The molecule has 0 aliphatic heterocycles. The molecule has 5 heteroatoms. The second-order valence-corrected chi connectivity index (χ2v) is 5.73. The number of aromatic nitrogens is 3. The minimum atomic E-state index is 0.000549. The highest BCUT2D eigenvalue weighted by Gasteiger charge is 2.30. The third-order valence-corrected chi connectivity index (χ3v) is 3.17. The minimum Gasteiger partial charge on any atom is -0.334 e. The molecule has 0 bridgehead atoms. The number of rotatable bonds is 5. The SMILES string of the molecule is CC(C)(Cc1noc(-c2ccncc2)n1)NC1CC1. The molecule has 1 aliphatic rings. The molecule has 0 radical (unpaired) electrons. The fourth-order valence-corrected chi connectivity index (χ4v) is 2.16. The smallest absolute Gasteiger partial charge is 0.258 e. The number of nitrogens with zero attached hydrogens (tertiary/aromatic N) is 3. The lowest BCUT2D eigenvalue weighted by molar-refractivity contribution is 0.361. The van der Waals surface area contributed by atoms with Crippen LogP contribution in [-0.2, 0) is 6.42 Å². The molecule has 2 heterocycles. The van der Waals surface area contributed by atoms with Gasteiger partial charge in [0.2, 0.25) is 0 Å². The molecular weight excluding hydrogens is 240 g/mol. The Morgan fingerprint density at radius 2 is 2.05 bits per heavy atom. The quantitative estimate of drug-likeness (QED) is 0.890. The molecule has 0 spiro atoms. The molecule has 0 atom stereocenters. The maximum atomic E-state index is 5.30. The molecule has 2 aromatic heterocycles. The summed E-state index contributed by atoms with van der Waals surface area (Å²) in [5.74, 6) is 1.30. The van der Waals surface area contributed by atoms with Crippen LogP contribution in [0.4, 0.5) is 0 Å². The van der Waals surface area contributed by atoms with Gasteiger partial charge >= 0.3 is 0 Å². The van der Waals surface area contributed by atoms with Gasteiger partial charge in [0.1, 0.15) is 0 Å². The van der Waals surface area contributed by atoms with Gasteiger partial charge in [0.15, 0.2) is 5.82 Å². The summed E-state index contributed by atoms with van der Waals surface area (Å²) < 4.78 is 5.30. The van der Waals surface area contributed by atoms with E-state index in [2.05, 4.69) is 34.3 Å². The van der Waals surface area contributed by atoms with E-state index in [0.717, 1.165) is 17.8 Å². The number of hydrogen-bond acceptors (Lipinski definition) is 5. The second-order valence-electron chi connectivity index (χ2n) is 5.73. The summed E-state index contributed by atoms with van der Waals surface area (Å²) in [6.45, 7) is 4.35. The first-order valence-corrected chi connectivity index (χ1v) is 6.63. The zero-order valence-corrected chi connectivity index (χ0v) is 11.3. The minimum absolute atomic E-state index is 0.000549. The lowest BCUT2D eigenvalue weighted by atomic mass is 10.0. The molecule has 1 fully saturated rings. The van der Waals surface area contributed by atoms with Crippen molar-refractivity contribution < 1.29 is 4.52 Å². The van der Waals surface area contributed by atoms with Crippen LogP contribution in [0.25, 0.3) is 11.5 Å². The largest absolute Gasteiger partial charge is 0.334 e. The van der Waals surface area contributed by atoms with Crippen LogP contribution in [-0.4, -0.2) is 26.7 Å². The van der Waals surface area contributed by atoms with Gasteiger partial charge in [-0.2, -0.15) is 4.98 Å². The zero-order chi connectivity index (χ0) is 13.3. The molecular formula is C14H18N4O. The van der Waals surface area contributed by atoms with Gasteiger partial charge in [-0.3, -0.25) is 4.98 Å². The van der Waals surface area contributed by atoms with Crippen LogP contribution in [0.15, 0.2) is 29.0 Å². The Bertz CT molecular complexity index is 546. The summed E-state index contributed by atoms with van der Waals surface area (Å²) in [4.78, 5) is 8.42. The lowest BCUT2D eigenvalue weighted by Crippen LogP contribution is -2.42. The Kier molecular flexibility index (Phi) is 3.06. The summed E-state index contributed by atoms with van der Waals surface area (Å²) in [6.07, 6.45) is 6.75. The lowest BCUT2D eigenvalue weighted by Gasteiger charge is -2.24. The summed E-state index contributed by atoms with van der Waals surface area (Å²) >= 11 is 0. The summed E-state index contributed by atoms with van der Waals surface area (Å²) in [7, 11) is 0. The molecule has 0 saturated heterocycles. The third kappa shape index (κ3) is 3.17. The van der Waals surface area contributed by atoms with Crippen LogP contribution in [0.3, 0.4) is 0 Å². The Hall–Kier alpha value is -1.75. The normalized spacial score (nSPS) is 15.7. The molecule has 2 aromatic rings. The van der Waals surface area contributed by atoms with Gasteiger partial charge in [-0.25, -0.2) is 0 Å². The summed E-state index contributed by atoms with van der Waals surface area (Å²) in [5, 5.41) is 7.65. The van der Waals surface area contributed by atoms with E-state index >= 15 is 0 Å². The molecule has 1 N–H and O–H groups in total. The predicted octanol–water partition coefficient (Wildman–Crippen LogP) is 2.20. The van der Waals surface area contributed by atoms with Crippen molar-refractivity contribution in [1.29, 1.82) is 0 Å². The van der Waals surface area contributed by atoms with E-state index in [1.807, 2.05) is 12.1 Å². The predicted molar refractivity (Wildman–Crippen MR) is 71.5 cm³/mol. The second kappa shape index (κ2) is 4.74. The highest BCUT2D eigenvalue weighted by Crippen LogP contribution is 2.24. The Morgan fingerprint density at radius 1 is 1.32 bits per heavy atom. The highest BCUT2D eigenvalue weighted by atomic mass is 16.5. The van der Waals surface area contributed by atoms with E-state index < -0.39 is 0 Å². The van der Waals surface area contributed by atoms with Gasteiger partial charge in [-0.15, -0.1) is 0 Å². The monoisotopic (exact) mass is 258 g/mol. The van der Waals surface area contributed by atoms with Crippen molar-refractivity contribution in [3.05, 3.63) is 30.4 Å². The molecule has 100 valence electrons. The number of pyridine rings is 1. The van der Waals surface area contributed by atoms with Crippen molar-refractivity contribution in [2.45, 2.75) is 44.7 Å². The third-order valence-electron chi connectivity index (χ3n) is 3.17. The fourth-order valence-electron chi connectivity index (χ4n) is 2.16. The Balaban J connectivity index is 1.71. The zero-order valence-electron chi connectivity index (χ0n) is 11.3. The van der Waals surface area contributed by atoms with E-state index in [0.29, 0.717) is 11.9 Å². The van der Waals surface area contributed by atoms with E-state index in [1.165, 1.54) is 12.8 Å². The van der Waals surface area contributed by atoms with E-state index in [1.54, 1.807) is 12.4 Å². The fraction of sp³-hybridized carbons (Fsp3) is 0.500. The van der Waals surface area contributed by atoms with Crippen LogP contribution < -0.4 is 5.32 Å². The van der Waals surface area contributed by atoms with Crippen molar-refractivity contribution in [3.8, 4) is 11.5 Å². The molecule has 0 unspecified atom stereocenters. The molecule has 1 aliphatic carbocycles. The molecule has 0 aromatic carbocycles. The summed E-state index contributed by atoms with van der Waals surface area (Å²) in [6, 6.07) is 4.40. The van der Waals surface area contributed by atoms with E-state index in [-0.39, 0.29) is 5.54 Å². The molecule has 5 nitrogen and oxygen atoms in total. The van der Waals surface area contributed by atoms with Crippen molar-refractivity contribution >= 4 is 0 Å². The Morgan fingerprint density at radius 3 is 2.74 bits per heavy atom. The standard InChI is InChI=1S/C14H18N4O/c1-14(2,17-11-3-4-11)9-12-16-13(19-18-12)10-5-7-15-8-6-10/h5-8,11,17H,3-4,9H2,1-2H3. The average Bonchev–Trinajstić information content (AvgIpc) is 3.05. The van der Waals surface area contributed by atoms with Gasteiger partial charge < -0.3 is 9.84 Å². The average molecular weight is 258 g/mol. The Labute approximate surface area is 112 Å². The van der Waals surface area contributed by atoms with Crippen molar-refractivity contribution in [2.75, 3.05) is 0 Å². The van der Waals surface area contributed by atoms with Crippen molar-refractivity contribution in [3.63, 3.8) is 0 Å². The van der Waals surface area contributed by atoms with Crippen LogP contribution in [0, 0.1) is 0 Å². The van der Waals surface area contributed by atoms with Crippen molar-refractivity contribution in [2.24, 2.45) is 0 Å². The first kappa shape index (κ1) is 12.3. The van der Waals surface area contributed by atoms with Gasteiger partial charge in [-0.05, 0) is 38.8 Å². The summed E-state index contributed by atoms with van der Waals surface area (Å²) in [5.41, 5.74) is 0.905. The number of hydrogen-bond donors (Lipinski definition) is 1. The van der Waals surface area contributed by atoms with Gasteiger partial charge in [0, 0.05) is 36.0 Å². The van der Waals surface area contributed by atoms with Crippen LogP contribution >= 0.6 is 0 Å². The maximum Gasteiger partial charge on any atom is 0.258 e.